The monoisotopic (exact) mass is 405 g/mol. The van der Waals surface area contributed by atoms with Crippen molar-refractivity contribution in [2.75, 3.05) is 37.4 Å². The molecule has 0 radical (unpaired) electrons. The highest BCUT2D eigenvalue weighted by molar-refractivity contribution is 5.94. The minimum atomic E-state index is -4.42. The zero-order chi connectivity index (χ0) is 21.2. The maximum atomic E-state index is 13.6. The van der Waals surface area contributed by atoms with E-state index in [9.17, 15) is 18.0 Å². The zero-order valence-electron chi connectivity index (χ0n) is 16.8. The second-order valence-electron chi connectivity index (χ2n) is 7.82. The Morgan fingerprint density at radius 3 is 2.41 bits per heavy atom. The Morgan fingerprint density at radius 1 is 1.14 bits per heavy atom. The van der Waals surface area contributed by atoms with Crippen molar-refractivity contribution in [2.24, 2.45) is 11.8 Å². The Kier molecular flexibility index (Phi) is 6.17. The lowest BCUT2D eigenvalue weighted by molar-refractivity contribution is -0.182. The third kappa shape index (κ3) is 5.09. The molecule has 1 aliphatic heterocycles. The number of anilines is 2. The summed E-state index contributed by atoms with van der Waals surface area (Å²) in [5.41, 5.74) is 3.25. The van der Waals surface area contributed by atoms with Crippen LogP contribution in [0.1, 0.15) is 11.1 Å². The highest BCUT2D eigenvalue weighted by atomic mass is 19.4. The molecule has 1 N–H and O–H groups in total. The number of rotatable bonds is 5. The van der Waals surface area contributed by atoms with Gasteiger partial charge in [0.05, 0.1) is 11.8 Å². The first-order chi connectivity index (χ1) is 13.6. The summed E-state index contributed by atoms with van der Waals surface area (Å²) in [7, 11) is 3.81. The van der Waals surface area contributed by atoms with Crippen molar-refractivity contribution in [1.82, 2.24) is 4.90 Å². The van der Waals surface area contributed by atoms with Crippen molar-refractivity contribution in [3.8, 4) is 0 Å². The van der Waals surface area contributed by atoms with Crippen LogP contribution in [-0.2, 0) is 11.3 Å². The molecule has 2 aromatic carbocycles. The van der Waals surface area contributed by atoms with Crippen LogP contribution < -0.4 is 10.2 Å². The second kappa shape index (κ2) is 8.45. The minimum Gasteiger partial charge on any atom is -0.378 e. The molecule has 2 atom stereocenters. The Morgan fingerprint density at radius 2 is 1.83 bits per heavy atom. The van der Waals surface area contributed by atoms with Gasteiger partial charge in [-0.3, -0.25) is 9.69 Å². The molecule has 1 aliphatic rings. The summed E-state index contributed by atoms with van der Waals surface area (Å²) < 4.78 is 40.9. The fourth-order valence-corrected chi connectivity index (χ4v) is 3.75. The average molecular weight is 405 g/mol. The summed E-state index contributed by atoms with van der Waals surface area (Å²) in [6, 6.07) is 14.8. The predicted molar refractivity (Wildman–Crippen MR) is 109 cm³/mol. The van der Waals surface area contributed by atoms with Gasteiger partial charge in [0, 0.05) is 45.1 Å². The number of carbonyl (C=O) groups is 1. The summed E-state index contributed by atoms with van der Waals surface area (Å²) in [6.07, 6.45) is -4.42. The number of carbonyl (C=O) groups excluding carboxylic acids is 1. The van der Waals surface area contributed by atoms with Gasteiger partial charge in [0.1, 0.15) is 0 Å². The lowest BCUT2D eigenvalue weighted by atomic mass is 9.94. The molecule has 1 saturated heterocycles. The van der Waals surface area contributed by atoms with Gasteiger partial charge in [-0.15, -0.1) is 0 Å². The van der Waals surface area contributed by atoms with Crippen molar-refractivity contribution in [2.45, 2.75) is 19.6 Å². The summed E-state index contributed by atoms with van der Waals surface area (Å²) in [6.45, 7) is 2.14. The minimum absolute atomic E-state index is 0.0831. The molecule has 156 valence electrons. The van der Waals surface area contributed by atoms with Gasteiger partial charge in [-0.25, -0.2) is 0 Å². The van der Waals surface area contributed by atoms with E-state index < -0.39 is 23.9 Å². The molecule has 4 nitrogen and oxygen atoms in total. The van der Waals surface area contributed by atoms with Crippen LogP contribution in [0.2, 0.25) is 0 Å². The molecular formula is C22H26F3N3O. The van der Waals surface area contributed by atoms with Gasteiger partial charge >= 0.3 is 6.18 Å². The number of nitrogens with one attached hydrogen (secondary N) is 1. The van der Waals surface area contributed by atoms with Crippen molar-refractivity contribution in [1.29, 1.82) is 0 Å². The molecule has 1 heterocycles. The van der Waals surface area contributed by atoms with Crippen molar-refractivity contribution in [3.05, 3.63) is 59.7 Å². The summed E-state index contributed by atoms with van der Waals surface area (Å²) in [4.78, 5) is 16.4. The highest BCUT2D eigenvalue weighted by Gasteiger charge is 2.52. The van der Waals surface area contributed by atoms with Gasteiger partial charge in [0.2, 0.25) is 5.91 Å². The van der Waals surface area contributed by atoms with Crippen LogP contribution in [0.25, 0.3) is 0 Å². The van der Waals surface area contributed by atoms with E-state index in [2.05, 4.69) is 5.32 Å². The maximum Gasteiger partial charge on any atom is 0.393 e. The summed E-state index contributed by atoms with van der Waals surface area (Å²) in [5.74, 6) is -3.39. The first-order valence-corrected chi connectivity index (χ1v) is 9.57. The summed E-state index contributed by atoms with van der Waals surface area (Å²) in [5, 5.41) is 2.72. The van der Waals surface area contributed by atoms with E-state index in [-0.39, 0.29) is 13.1 Å². The topological polar surface area (TPSA) is 35.6 Å². The van der Waals surface area contributed by atoms with Crippen LogP contribution in [0.3, 0.4) is 0 Å². The largest absolute Gasteiger partial charge is 0.393 e. The van der Waals surface area contributed by atoms with E-state index in [0.29, 0.717) is 12.2 Å². The third-order valence-electron chi connectivity index (χ3n) is 5.39. The van der Waals surface area contributed by atoms with Crippen molar-refractivity contribution in [3.63, 3.8) is 0 Å². The number of alkyl halides is 3. The van der Waals surface area contributed by atoms with Gasteiger partial charge in [0.15, 0.2) is 0 Å². The molecule has 2 aromatic rings. The number of hydrogen-bond donors (Lipinski definition) is 1. The molecule has 1 fully saturated rings. The molecule has 0 aliphatic carbocycles. The van der Waals surface area contributed by atoms with Gasteiger partial charge in [-0.05, 0) is 36.2 Å². The lowest BCUT2D eigenvalue weighted by Gasteiger charge is -2.21. The van der Waals surface area contributed by atoms with Crippen LogP contribution in [-0.4, -0.2) is 44.2 Å². The third-order valence-corrected chi connectivity index (χ3v) is 5.39. The van der Waals surface area contributed by atoms with Crippen LogP contribution in [0.5, 0.6) is 0 Å². The Labute approximate surface area is 169 Å². The molecular weight excluding hydrogens is 379 g/mol. The molecule has 7 heteroatoms. The molecule has 29 heavy (non-hydrogen) atoms. The smallest absolute Gasteiger partial charge is 0.378 e. The van der Waals surface area contributed by atoms with Crippen LogP contribution in [0.15, 0.2) is 48.5 Å². The SMILES string of the molecule is Cc1cc(N(C)C)ccc1NC(=O)[C@H]1CN(Cc2ccccc2)C[C@@H]1C(F)(F)F. The van der Waals surface area contributed by atoms with E-state index in [1.807, 2.05) is 68.4 Å². The van der Waals surface area contributed by atoms with Crippen LogP contribution >= 0.6 is 0 Å². The van der Waals surface area contributed by atoms with Gasteiger partial charge < -0.3 is 10.2 Å². The first-order valence-electron chi connectivity index (χ1n) is 9.57. The number of halogens is 3. The molecule has 1 amide bonds. The number of benzene rings is 2. The number of nitrogens with zero attached hydrogens (tertiary/aromatic N) is 2. The van der Waals surface area contributed by atoms with Crippen molar-refractivity contribution >= 4 is 17.3 Å². The molecule has 0 aromatic heterocycles. The van der Waals surface area contributed by atoms with Gasteiger partial charge in [-0.2, -0.15) is 13.2 Å². The van der Waals surface area contributed by atoms with E-state index in [1.165, 1.54) is 0 Å². The molecule has 0 spiro atoms. The fourth-order valence-electron chi connectivity index (χ4n) is 3.75. The summed E-state index contributed by atoms with van der Waals surface area (Å²) >= 11 is 0. The van der Waals surface area contributed by atoms with Gasteiger partial charge in [-0.1, -0.05) is 30.3 Å². The van der Waals surface area contributed by atoms with E-state index in [4.69, 9.17) is 0 Å². The first kappa shape index (κ1) is 21.2. The molecule has 0 bridgehead atoms. The number of aryl methyl sites for hydroxylation is 1. The molecule has 0 saturated carbocycles. The number of amides is 1. The van der Waals surface area contributed by atoms with E-state index in [0.717, 1.165) is 16.8 Å². The second-order valence-corrected chi connectivity index (χ2v) is 7.82. The number of hydrogen-bond acceptors (Lipinski definition) is 3. The van der Waals surface area contributed by atoms with Crippen molar-refractivity contribution < 1.29 is 18.0 Å². The standard InChI is InChI=1S/C22H26F3N3O/c1-15-11-17(27(2)3)9-10-20(15)26-21(29)18-13-28(14-19(18)22(23,24)25)12-16-7-5-4-6-8-16/h4-11,18-19H,12-14H2,1-3H3,(H,26,29)/t18-,19-/m0/s1. The highest BCUT2D eigenvalue weighted by Crippen LogP contribution is 2.39. The van der Waals surface area contributed by atoms with E-state index in [1.54, 1.807) is 11.0 Å². The number of likely N-dealkylation sites (tertiary alicyclic amines) is 1. The Bertz CT molecular complexity index is 852. The maximum absolute atomic E-state index is 13.6. The lowest BCUT2D eigenvalue weighted by Crippen LogP contribution is -2.36. The molecule has 3 rings (SSSR count). The zero-order valence-corrected chi connectivity index (χ0v) is 16.8. The molecule has 0 unspecified atom stereocenters. The quantitative estimate of drug-likeness (QED) is 0.805. The Hall–Kier alpha value is -2.54. The Balaban J connectivity index is 1.75. The van der Waals surface area contributed by atoms with E-state index >= 15 is 0 Å². The van der Waals surface area contributed by atoms with Crippen LogP contribution in [0.4, 0.5) is 24.5 Å². The average Bonchev–Trinajstić information content (AvgIpc) is 3.08. The van der Waals surface area contributed by atoms with Gasteiger partial charge in [0.25, 0.3) is 0 Å². The fraction of sp³-hybridized carbons (Fsp3) is 0.409. The normalized spacial score (nSPS) is 19.9. The predicted octanol–water partition coefficient (Wildman–Crippen LogP) is 4.31. The van der Waals surface area contributed by atoms with Crippen LogP contribution in [0, 0.1) is 18.8 Å².